The highest BCUT2D eigenvalue weighted by Gasteiger charge is 2.34. The summed E-state index contributed by atoms with van der Waals surface area (Å²) in [6.07, 6.45) is 0. The van der Waals surface area contributed by atoms with Crippen LogP contribution in [0.2, 0.25) is 0 Å². The van der Waals surface area contributed by atoms with E-state index in [4.69, 9.17) is 13.8 Å². The van der Waals surface area contributed by atoms with Gasteiger partial charge in [-0.15, -0.1) is 0 Å². The number of hydrogen-bond acceptors (Lipinski definition) is 6. The molecule has 0 spiro atoms. The van der Waals surface area contributed by atoms with Crippen molar-refractivity contribution in [1.82, 2.24) is 4.90 Å². The lowest BCUT2D eigenvalue weighted by Crippen LogP contribution is -2.30. The first-order valence-electron chi connectivity index (χ1n) is 8.95. The van der Waals surface area contributed by atoms with Crippen molar-refractivity contribution in [3.63, 3.8) is 0 Å². The first-order valence-corrected chi connectivity index (χ1v) is 10.5. The summed E-state index contributed by atoms with van der Waals surface area (Å²) in [7, 11) is -1.37. The number of phenols is 1. The van der Waals surface area contributed by atoms with E-state index in [0.29, 0.717) is 13.1 Å². The van der Waals surface area contributed by atoms with Crippen LogP contribution in [-0.2, 0) is 20.2 Å². The van der Waals surface area contributed by atoms with Gasteiger partial charge in [0.2, 0.25) is 0 Å². The Balaban J connectivity index is 2.52. The summed E-state index contributed by atoms with van der Waals surface area (Å²) in [5.41, 5.74) is 1.10. The molecule has 0 aromatic heterocycles. The lowest BCUT2D eigenvalue weighted by Gasteiger charge is -2.22. The van der Waals surface area contributed by atoms with E-state index in [1.807, 2.05) is 44.2 Å². The molecule has 0 atom stereocenters. The van der Waals surface area contributed by atoms with Crippen molar-refractivity contribution in [1.29, 1.82) is 0 Å². The Kier molecular flexibility index (Phi) is 7.63. The second-order valence-corrected chi connectivity index (χ2v) is 8.13. The number of ether oxygens (including phenoxy) is 1. The van der Waals surface area contributed by atoms with Gasteiger partial charge in [0.15, 0.2) is 0 Å². The maximum absolute atomic E-state index is 13.0. The topological polar surface area (TPSA) is 85.3 Å². The SMILES string of the molecule is CCN(CC)C(=O)c1cc(O)c(P(=O)(OC)OC)c(OCc2ccccc2)c1. The molecule has 0 radical (unpaired) electrons. The minimum absolute atomic E-state index is 0.0754. The van der Waals surface area contributed by atoms with E-state index in [-0.39, 0.29) is 34.9 Å². The quantitative estimate of drug-likeness (QED) is 0.640. The van der Waals surface area contributed by atoms with Gasteiger partial charge in [0.25, 0.3) is 5.91 Å². The summed E-state index contributed by atoms with van der Waals surface area (Å²) in [5.74, 6) is -0.569. The van der Waals surface area contributed by atoms with E-state index >= 15 is 0 Å². The monoisotopic (exact) mass is 407 g/mol. The van der Waals surface area contributed by atoms with Crippen molar-refractivity contribution in [3.8, 4) is 11.5 Å². The molecule has 7 nitrogen and oxygen atoms in total. The lowest BCUT2D eigenvalue weighted by atomic mass is 10.1. The van der Waals surface area contributed by atoms with Crippen LogP contribution in [0, 0.1) is 0 Å². The van der Waals surface area contributed by atoms with E-state index in [9.17, 15) is 14.5 Å². The molecule has 0 aliphatic carbocycles. The van der Waals surface area contributed by atoms with Crippen molar-refractivity contribution in [2.24, 2.45) is 0 Å². The van der Waals surface area contributed by atoms with Crippen molar-refractivity contribution in [2.45, 2.75) is 20.5 Å². The molecule has 0 unspecified atom stereocenters. The zero-order valence-corrected chi connectivity index (χ0v) is 17.4. The van der Waals surface area contributed by atoms with Crippen LogP contribution in [0.15, 0.2) is 42.5 Å². The van der Waals surface area contributed by atoms with Crippen LogP contribution in [0.4, 0.5) is 0 Å². The van der Waals surface area contributed by atoms with Gasteiger partial charge >= 0.3 is 7.60 Å². The third-order valence-corrected chi connectivity index (χ3v) is 6.30. The summed E-state index contributed by atoms with van der Waals surface area (Å²) < 4.78 is 28.9. The largest absolute Gasteiger partial charge is 0.507 e. The summed E-state index contributed by atoms with van der Waals surface area (Å²) >= 11 is 0. The Hall–Kier alpha value is -2.34. The van der Waals surface area contributed by atoms with E-state index in [2.05, 4.69) is 0 Å². The van der Waals surface area contributed by atoms with Crippen LogP contribution in [0.25, 0.3) is 0 Å². The molecule has 28 heavy (non-hydrogen) atoms. The Morgan fingerprint density at radius 2 is 1.68 bits per heavy atom. The maximum Gasteiger partial charge on any atom is 0.368 e. The summed E-state index contributed by atoms with van der Waals surface area (Å²) in [6.45, 7) is 4.93. The highest BCUT2D eigenvalue weighted by molar-refractivity contribution is 7.62. The minimum Gasteiger partial charge on any atom is -0.507 e. The van der Waals surface area contributed by atoms with Gasteiger partial charge in [-0.3, -0.25) is 9.36 Å². The van der Waals surface area contributed by atoms with E-state index < -0.39 is 7.60 Å². The van der Waals surface area contributed by atoms with E-state index in [0.717, 1.165) is 5.56 Å². The molecular weight excluding hydrogens is 381 g/mol. The fourth-order valence-corrected chi connectivity index (χ4v) is 4.05. The van der Waals surface area contributed by atoms with Gasteiger partial charge in [-0.05, 0) is 31.5 Å². The van der Waals surface area contributed by atoms with Crippen LogP contribution >= 0.6 is 7.60 Å². The zero-order valence-electron chi connectivity index (χ0n) is 16.5. The van der Waals surface area contributed by atoms with Crippen LogP contribution in [-0.4, -0.2) is 43.2 Å². The number of aromatic hydroxyl groups is 1. The number of carbonyl (C=O) groups excluding carboxylic acids is 1. The number of amides is 1. The van der Waals surface area contributed by atoms with Crippen LogP contribution < -0.4 is 10.0 Å². The molecule has 0 aliphatic rings. The van der Waals surface area contributed by atoms with Gasteiger partial charge in [0.05, 0.1) is 0 Å². The van der Waals surface area contributed by atoms with Crippen LogP contribution in [0.5, 0.6) is 11.5 Å². The number of carbonyl (C=O) groups is 1. The molecule has 1 N–H and O–H groups in total. The average Bonchev–Trinajstić information content (AvgIpc) is 2.72. The Morgan fingerprint density at radius 3 is 2.21 bits per heavy atom. The number of phenolic OH excluding ortho intramolecular Hbond substituents is 1. The fourth-order valence-electron chi connectivity index (χ4n) is 2.79. The maximum atomic E-state index is 13.0. The first kappa shape index (κ1) is 22.0. The molecule has 2 aromatic carbocycles. The van der Waals surface area contributed by atoms with Crippen molar-refractivity contribution in [3.05, 3.63) is 53.6 Å². The lowest BCUT2D eigenvalue weighted by molar-refractivity contribution is 0.0772. The molecule has 1 amide bonds. The van der Waals surface area contributed by atoms with Gasteiger partial charge < -0.3 is 23.8 Å². The summed E-state index contributed by atoms with van der Waals surface area (Å²) in [5, 5.41) is 10.5. The average molecular weight is 407 g/mol. The number of benzene rings is 2. The minimum atomic E-state index is -3.82. The van der Waals surface area contributed by atoms with Gasteiger partial charge in [-0.2, -0.15) is 0 Å². The normalized spacial score (nSPS) is 11.3. The predicted octanol–water partition coefficient (Wildman–Crippen LogP) is 3.56. The highest BCUT2D eigenvalue weighted by Crippen LogP contribution is 2.50. The Morgan fingerprint density at radius 1 is 1.07 bits per heavy atom. The van der Waals surface area contributed by atoms with Gasteiger partial charge in [0.1, 0.15) is 23.4 Å². The fraction of sp³-hybridized carbons (Fsp3) is 0.350. The Bertz CT molecular complexity index is 843. The predicted molar refractivity (Wildman–Crippen MR) is 107 cm³/mol. The molecule has 0 heterocycles. The smallest absolute Gasteiger partial charge is 0.368 e. The molecule has 0 fully saturated rings. The third kappa shape index (κ3) is 4.73. The zero-order chi connectivity index (χ0) is 20.7. The second-order valence-electron chi connectivity index (χ2n) is 5.96. The number of nitrogens with zero attached hydrogens (tertiary/aromatic N) is 1. The molecule has 0 aliphatic heterocycles. The van der Waals surface area contributed by atoms with Crippen LogP contribution in [0.1, 0.15) is 29.8 Å². The molecule has 0 saturated carbocycles. The molecule has 0 bridgehead atoms. The third-order valence-electron chi connectivity index (χ3n) is 4.34. The molecule has 8 heteroatoms. The molecule has 2 aromatic rings. The van der Waals surface area contributed by atoms with Gasteiger partial charge in [-0.25, -0.2) is 0 Å². The highest BCUT2D eigenvalue weighted by atomic mass is 31.2. The van der Waals surface area contributed by atoms with Crippen molar-refractivity contribution < 1.29 is 28.3 Å². The van der Waals surface area contributed by atoms with Crippen molar-refractivity contribution >= 4 is 18.8 Å². The van der Waals surface area contributed by atoms with Gasteiger partial charge in [-0.1, -0.05) is 30.3 Å². The molecular formula is C20H26NO6P. The van der Waals surface area contributed by atoms with E-state index in [1.165, 1.54) is 26.4 Å². The first-order chi connectivity index (χ1) is 13.4. The van der Waals surface area contributed by atoms with Crippen molar-refractivity contribution in [2.75, 3.05) is 27.3 Å². The summed E-state index contributed by atoms with van der Waals surface area (Å²) in [4.78, 5) is 14.3. The molecule has 0 saturated heterocycles. The summed E-state index contributed by atoms with van der Waals surface area (Å²) in [6, 6.07) is 12.1. The van der Waals surface area contributed by atoms with Gasteiger partial charge in [0, 0.05) is 32.9 Å². The van der Waals surface area contributed by atoms with Crippen LogP contribution in [0.3, 0.4) is 0 Å². The standard InChI is InChI=1S/C20H26NO6P/c1-5-21(6-2)20(23)16-12-17(22)19(28(24,25-3)26-4)18(13-16)27-14-15-10-8-7-9-11-15/h7-13,22H,5-6,14H2,1-4H3. The number of hydrogen-bond donors (Lipinski definition) is 1. The molecule has 2 rings (SSSR count). The Labute approximate surface area is 165 Å². The van der Waals surface area contributed by atoms with E-state index in [1.54, 1.807) is 4.90 Å². The second kappa shape index (κ2) is 9.73. The number of rotatable bonds is 9. The molecule has 152 valence electrons.